The number of hydrogen-bond donors (Lipinski definition) is 2. The van der Waals surface area contributed by atoms with Crippen molar-refractivity contribution in [2.24, 2.45) is 11.8 Å². The van der Waals surface area contributed by atoms with Crippen LogP contribution in [0.25, 0.3) is 0 Å². The fraction of sp³-hybridized carbons (Fsp3) is 0.909. The molecule has 0 bridgehead atoms. The van der Waals surface area contributed by atoms with Crippen LogP contribution in [0.2, 0.25) is 0 Å². The molecule has 0 aromatic carbocycles. The summed E-state index contributed by atoms with van der Waals surface area (Å²) in [6.07, 6.45) is -0.401. The van der Waals surface area contributed by atoms with Crippen LogP contribution < -0.4 is 5.32 Å². The van der Waals surface area contributed by atoms with Crippen LogP contribution in [0, 0.1) is 11.8 Å². The number of aliphatic hydroxyl groups is 1. The average molecular weight is 215 g/mol. The molecule has 1 heterocycles. The summed E-state index contributed by atoms with van der Waals surface area (Å²) in [7, 11) is 0. The van der Waals surface area contributed by atoms with Crippen molar-refractivity contribution in [3.63, 3.8) is 0 Å². The first kappa shape index (κ1) is 12.5. The van der Waals surface area contributed by atoms with Crippen molar-refractivity contribution in [3.8, 4) is 0 Å². The van der Waals surface area contributed by atoms with Gasteiger partial charge in [0.1, 0.15) is 6.04 Å². The van der Waals surface area contributed by atoms with Gasteiger partial charge < -0.3 is 15.2 Å². The Hall–Kier alpha value is -0.610. The molecule has 1 aliphatic rings. The summed E-state index contributed by atoms with van der Waals surface area (Å²) < 4.78 is 4.99. The summed E-state index contributed by atoms with van der Waals surface area (Å²) in [5.41, 5.74) is 0. The standard InChI is InChI=1S/C11H21NO3/c1-5-15-11(14)10-6(2)9(8(4)13)7(3)12-10/h6-10,12-13H,5H2,1-4H3/t6-,7-,8-,9-,10-/m1/s1. The van der Waals surface area contributed by atoms with Crippen LogP contribution in [-0.2, 0) is 9.53 Å². The Balaban J connectivity index is 2.68. The molecule has 15 heavy (non-hydrogen) atoms. The van der Waals surface area contributed by atoms with Crippen molar-refractivity contribution in [1.82, 2.24) is 5.32 Å². The third kappa shape index (κ3) is 2.49. The van der Waals surface area contributed by atoms with E-state index >= 15 is 0 Å². The van der Waals surface area contributed by atoms with E-state index in [-0.39, 0.29) is 29.9 Å². The molecule has 4 heteroatoms. The first-order valence-electron chi connectivity index (χ1n) is 5.59. The summed E-state index contributed by atoms with van der Waals surface area (Å²) in [6.45, 7) is 7.94. The highest BCUT2D eigenvalue weighted by Crippen LogP contribution is 2.30. The summed E-state index contributed by atoms with van der Waals surface area (Å²) in [5, 5.41) is 12.8. The Labute approximate surface area is 91.0 Å². The molecule has 0 saturated carbocycles. The van der Waals surface area contributed by atoms with Crippen LogP contribution >= 0.6 is 0 Å². The van der Waals surface area contributed by atoms with Crippen LogP contribution in [0.15, 0.2) is 0 Å². The van der Waals surface area contributed by atoms with Gasteiger partial charge in [-0.25, -0.2) is 0 Å². The van der Waals surface area contributed by atoms with E-state index in [1.165, 1.54) is 0 Å². The average Bonchev–Trinajstić information content (AvgIpc) is 2.42. The van der Waals surface area contributed by atoms with Crippen LogP contribution in [0.3, 0.4) is 0 Å². The van der Waals surface area contributed by atoms with Crippen LogP contribution in [0.4, 0.5) is 0 Å². The molecule has 1 fully saturated rings. The SMILES string of the molecule is CCOC(=O)[C@@H]1N[C@H](C)[C@H]([C@@H](C)O)[C@H]1C. The second-order valence-electron chi connectivity index (χ2n) is 4.36. The molecule has 0 aromatic heterocycles. The predicted molar refractivity (Wildman–Crippen MR) is 57.4 cm³/mol. The third-order valence-electron chi connectivity index (χ3n) is 3.25. The highest BCUT2D eigenvalue weighted by atomic mass is 16.5. The van der Waals surface area contributed by atoms with Crippen molar-refractivity contribution in [1.29, 1.82) is 0 Å². The Morgan fingerprint density at radius 3 is 2.53 bits per heavy atom. The lowest BCUT2D eigenvalue weighted by Crippen LogP contribution is -2.38. The number of esters is 1. The van der Waals surface area contributed by atoms with Crippen LogP contribution in [0.5, 0.6) is 0 Å². The lowest BCUT2D eigenvalue weighted by atomic mass is 9.85. The van der Waals surface area contributed by atoms with Gasteiger partial charge in [-0.15, -0.1) is 0 Å². The smallest absolute Gasteiger partial charge is 0.323 e. The lowest BCUT2D eigenvalue weighted by Gasteiger charge is -2.22. The van der Waals surface area contributed by atoms with Gasteiger partial charge >= 0.3 is 5.97 Å². The van der Waals surface area contributed by atoms with Gasteiger partial charge in [0.2, 0.25) is 0 Å². The fourth-order valence-electron chi connectivity index (χ4n) is 2.60. The Morgan fingerprint density at radius 2 is 2.13 bits per heavy atom. The van der Waals surface area contributed by atoms with E-state index in [1.54, 1.807) is 13.8 Å². The third-order valence-corrected chi connectivity index (χ3v) is 3.25. The summed E-state index contributed by atoms with van der Waals surface area (Å²) in [4.78, 5) is 11.6. The first-order chi connectivity index (χ1) is 6.99. The molecular weight excluding hydrogens is 194 g/mol. The molecule has 88 valence electrons. The second kappa shape index (κ2) is 4.94. The molecule has 0 aliphatic carbocycles. The van der Waals surface area contributed by atoms with E-state index in [9.17, 15) is 9.90 Å². The maximum Gasteiger partial charge on any atom is 0.323 e. The van der Waals surface area contributed by atoms with Gasteiger partial charge in [-0.3, -0.25) is 4.79 Å². The zero-order valence-electron chi connectivity index (χ0n) is 9.86. The zero-order chi connectivity index (χ0) is 11.6. The minimum absolute atomic E-state index is 0.110. The van der Waals surface area contributed by atoms with Gasteiger partial charge in [0.25, 0.3) is 0 Å². The lowest BCUT2D eigenvalue weighted by molar-refractivity contribution is -0.146. The molecule has 4 nitrogen and oxygen atoms in total. The molecule has 1 saturated heterocycles. The Morgan fingerprint density at radius 1 is 1.53 bits per heavy atom. The molecule has 2 N–H and O–H groups in total. The topological polar surface area (TPSA) is 58.6 Å². The van der Waals surface area contributed by atoms with Gasteiger partial charge in [-0.2, -0.15) is 0 Å². The van der Waals surface area contributed by atoms with Crippen molar-refractivity contribution in [2.75, 3.05) is 6.61 Å². The number of hydrogen-bond acceptors (Lipinski definition) is 4. The monoisotopic (exact) mass is 215 g/mol. The largest absolute Gasteiger partial charge is 0.465 e. The van der Waals surface area contributed by atoms with E-state index in [2.05, 4.69) is 5.32 Å². The van der Waals surface area contributed by atoms with Crippen molar-refractivity contribution in [3.05, 3.63) is 0 Å². The van der Waals surface area contributed by atoms with E-state index in [0.29, 0.717) is 6.61 Å². The van der Waals surface area contributed by atoms with Gasteiger partial charge in [-0.05, 0) is 26.7 Å². The normalized spacial score (nSPS) is 37.7. The zero-order valence-corrected chi connectivity index (χ0v) is 9.86. The molecule has 0 spiro atoms. The summed E-state index contributed by atoms with van der Waals surface area (Å²) >= 11 is 0. The predicted octanol–water partition coefficient (Wildman–Crippen LogP) is 0.543. The van der Waals surface area contributed by atoms with Crippen LogP contribution in [0.1, 0.15) is 27.7 Å². The maximum absolute atomic E-state index is 11.6. The molecule has 1 aliphatic heterocycles. The number of rotatable bonds is 3. The second-order valence-corrected chi connectivity index (χ2v) is 4.36. The minimum Gasteiger partial charge on any atom is -0.465 e. The molecule has 0 radical (unpaired) electrons. The van der Waals surface area contributed by atoms with Gasteiger partial charge in [0.15, 0.2) is 0 Å². The number of ether oxygens (including phenoxy) is 1. The highest BCUT2D eigenvalue weighted by Gasteiger charge is 2.44. The van der Waals surface area contributed by atoms with Gasteiger partial charge in [-0.1, -0.05) is 6.92 Å². The maximum atomic E-state index is 11.6. The number of carbonyl (C=O) groups excluding carboxylic acids is 1. The van der Waals surface area contributed by atoms with Crippen LogP contribution in [-0.4, -0.2) is 35.9 Å². The van der Waals surface area contributed by atoms with E-state index in [4.69, 9.17) is 4.74 Å². The molecule has 0 amide bonds. The first-order valence-corrected chi connectivity index (χ1v) is 5.59. The van der Waals surface area contributed by atoms with Crippen molar-refractivity contribution < 1.29 is 14.6 Å². The quantitative estimate of drug-likeness (QED) is 0.675. The number of nitrogens with one attached hydrogen (secondary N) is 1. The van der Waals surface area contributed by atoms with Gasteiger partial charge in [0.05, 0.1) is 12.7 Å². The molecule has 1 rings (SSSR count). The van der Waals surface area contributed by atoms with E-state index in [1.807, 2.05) is 13.8 Å². The molecule has 5 atom stereocenters. The number of aliphatic hydroxyl groups excluding tert-OH is 1. The number of carbonyl (C=O) groups is 1. The van der Waals surface area contributed by atoms with Crippen molar-refractivity contribution in [2.45, 2.75) is 45.9 Å². The fourth-order valence-corrected chi connectivity index (χ4v) is 2.60. The molecule has 0 aromatic rings. The van der Waals surface area contributed by atoms with Gasteiger partial charge in [0, 0.05) is 12.0 Å². The van der Waals surface area contributed by atoms with Crippen molar-refractivity contribution >= 4 is 5.97 Å². The molecule has 0 unspecified atom stereocenters. The summed E-state index contributed by atoms with van der Waals surface area (Å²) in [5.74, 6) is 0.0125. The minimum atomic E-state index is -0.401. The highest BCUT2D eigenvalue weighted by molar-refractivity contribution is 5.76. The Bertz CT molecular complexity index is 230. The van der Waals surface area contributed by atoms with E-state index < -0.39 is 6.10 Å². The Kier molecular flexibility index (Phi) is 4.11. The van der Waals surface area contributed by atoms with E-state index in [0.717, 1.165) is 0 Å². The molecular formula is C11H21NO3. The summed E-state index contributed by atoms with van der Waals surface area (Å²) in [6, 6.07) is -0.131.